The Balaban J connectivity index is 1.91. The van der Waals surface area contributed by atoms with Gasteiger partial charge in [-0.25, -0.2) is 4.79 Å². The number of nitro groups is 1. The van der Waals surface area contributed by atoms with E-state index in [2.05, 4.69) is 5.32 Å². The van der Waals surface area contributed by atoms with Gasteiger partial charge < -0.3 is 19.5 Å². The maximum Gasteiger partial charge on any atom is 0.336 e. The van der Waals surface area contributed by atoms with E-state index in [1.807, 2.05) is 12.1 Å². The maximum atomic E-state index is 14.3. The lowest BCUT2D eigenvalue weighted by molar-refractivity contribution is -0.384. The number of dihydropyridines is 1. The lowest BCUT2D eigenvalue weighted by Crippen LogP contribution is -2.43. The Morgan fingerprint density at radius 2 is 1.74 bits per heavy atom. The molecule has 1 aliphatic heterocycles. The fraction of sp³-hybridized carbons (Fsp3) is 0.345. The lowest BCUT2D eigenvalue weighted by atomic mass is 9.67. The molecule has 0 aromatic heterocycles. The number of methoxy groups -OCH3 is 1. The zero-order valence-electron chi connectivity index (χ0n) is 22.2. The van der Waals surface area contributed by atoms with Crippen LogP contribution in [0.5, 0.6) is 5.75 Å². The summed E-state index contributed by atoms with van der Waals surface area (Å²) in [7, 11) is 1.55. The maximum absolute atomic E-state index is 14.3. The van der Waals surface area contributed by atoms with Gasteiger partial charge in [-0.05, 0) is 50.5 Å². The van der Waals surface area contributed by atoms with Crippen LogP contribution < -0.4 is 10.1 Å². The molecule has 2 aromatic carbocycles. The van der Waals surface area contributed by atoms with Crippen molar-refractivity contribution in [1.29, 1.82) is 0 Å². The molecule has 0 radical (unpaired) electrons. The van der Waals surface area contributed by atoms with E-state index in [4.69, 9.17) is 14.2 Å². The Morgan fingerprint density at radius 1 is 1.05 bits per heavy atom. The smallest absolute Gasteiger partial charge is 0.336 e. The van der Waals surface area contributed by atoms with E-state index in [0.29, 0.717) is 22.7 Å². The van der Waals surface area contributed by atoms with Crippen molar-refractivity contribution in [2.24, 2.45) is 5.92 Å². The molecule has 0 saturated carbocycles. The molecule has 0 amide bonds. The van der Waals surface area contributed by atoms with E-state index in [1.165, 1.54) is 18.2 Å². The number of carbonyl (C=O) groups excluding carboxylic acids is 3. The highest BCUT2D eigenvalue weighted by Gasteiger charge is 2.49. The Hall–Kier alpha value is -4.47. The highest BCUT2D eigenvalue weighted by molar-refractivity contribution is 6.13. The fourth-order valence-electron chi connectivity index (χ4n) is 5.33. The molecule has 0 fully saturated rings. The van der Waals surface area contributed by atoms with Gasteiger partial charge in [0.05, 0.1) is 30.8 Å². The first-order chi connectivity index (χ1) is 18.7. The van der Waals surface area contributed by atoms with Gasteiger partial charge in [-0.15, -0.1) is 0 Å². The molecule has 2 aliphatic rings. The summed E-state index contributed by atoms with van der Waals surface area (Å²) in [4.78, 5) is 51.7. The van der Waals surface area contributed by atoms with Crippen molar-refractivity contribution < 1.29 is 33.5 Å². The Morgan fingerprint density at radius 3 is 2.36 bits per heavy atom. The van der Waals surface area contributed by atoms with E-state index < -0.39 is 40.4 Å². The third-order valence-corrected chi connectivity index (χ3v) is 7.01. The van der Waals surface area contributed by atoms with Crippen molar-refractivity contribution in [3.63, 3.8) is 0 Å². The molecule has 10 heteroatoms. The number of ether oxygens (including phenoxy) is 3. The average Bonchev–Trinajstić information content (AvgIpc) is 2.92. The monoisotopic (exact) mass is 534 g/mol. The second kappa shape index (κ2) is 11.5. The third-order valence-electron chi connectivity index (χ3n) is 7.01. The van der Waals surface area contributed by atoms with E-state index in [0.717, 1.165) is 5.56 Å². The minimum absolute atomic E-state index is 0.0868. The van der Waals surface area contributed by atoms with Crippen LogP contribution in [0.4, 0.5) is 5.69 Å². The van der Waals surface area contributed by atoms with Crippen LogP contribution in [-0.4, -0.2) is 43.0 Å². The summed E-state index contributed by atoms with van der Waals surface area (Å²) in [5, 5.41) is 14.8. The van der Waals surface area contributed by atoms with Crippen LogP contribution in [0, 0.1) is 16.0 Å². The topological polar surface area (TPSA) is 134 Å². The van der Waals surface area contributed by atoms with Crippen LogP contribution in [0.1, 0.15) is 50.2 Å². The molecular weight excluding hydrogens is 504 g/mol. The first-order valence-electron chi connectivity index (χ1n) is 12.7. The summed E-state index contributed by atoms with van der Waals surface area (Å²) in [6, 6.07) is 12.9. The summed E-state index contributed by atoms with van der Waals surface area (Å²) >= 11 is 0. The summed E-state index contributed by atoms with van der Waals surface area (Å²) < 4.78 is 15.9. The standard InChI is InChI=1S/C29H30N2O8/c1-5-38-28(33)23-16(3)30-22-15-21(17-10-12-20(37-4)13-11-17)25(29(34)39-6-2)27(32)26(22)24(23)18-8-7-9-19(14-18)31(35)36/h7-14,21,24-25,30H,5-6,15H2,1-4H3/t21-,24-,25+/m1/s1. The van der Waals surface area contributed by atoms with Crippen molar-refractivity contribution >= 4 is 23.4 Å². The van der Waals surface area contributed by atoms with Crippen molar-refractivity contribution in [2.45, 2.75) is 39.0 Å². The number of esters is 2. The van der Waals surface area contributed by atoms with E-state index in [9.17, 15) is 24.5 Å². The lowest BCUT2D eigenvalue weighted by Gasteiger charge is -2.39. The Kier molecular flexibility index (Phi) is 8.13. The molecule has 3 atom stereocenters. The second-order valence-electron chi connectivity index (χ2n) is 9.24. The summed E-state index contributed by atoms with van der Waals surface area (Å²) in [5.41, 5.74) is 2.32. The quantitative estimate of drug-likeness (QED) is 0.227. The molecule has 4 rings (SSSR count). The zero-order chi connectivity index (χ0) is 28.3. The summed E-state index contributed by atoms with van der Waals surface area (Å²) in [6.45, 7) is 5.22. The molecule has 0 unspecified atom stereocenters. The number of Topliss-reactive ketones (excluding diaryl/α,β-unsaturated/α-hetero) is 1. The second-order valence-corrected chi connectivity index (χ2v) is 9.24. The van der Waals surface area contributed by atoms with Crippen molar-refractivity contribution in [2.75, 3.05) is 20.3 Å². The highest BCUT2D eigenvalue weighted by atomic mass is 16.6. The first kappa shape index (κ1) is 27.6. The largest absolute Gasteiger partial charge is 0.497 e. The molecule has 0 bridgehead atoms. The van der Waals surface area contributed by atoms with Gasteiger partial charge in [0.1, 0.15) is 11.7 Å². The molecule has 2 aromatic rings. The molecule has 1 N–H and O–H groups in total. The van der Waals surface area contributed by atoms with Crippen molar-refractivity contribution in [3.05, 3.63) is 92.3 Å². The SMILES string of the molecule is CCOC(=O)C1=C(C)NC2=C(C(=O)[C@@H](C(=O)OCC)[C@@H](c3ccc(OC)cc3)C2)[C@@H]1c1cccc([N+](=O)[O-])c1. The van der Waals surface area contributed by atoms with E-state index in [-0.39, 0.29) is 36.5 Å². The van der Waals surface area contributed by atoms with Crippen LogP contribution in [0.15, 0.2) is 71.1 Å². The van der Waals surface area contributed by atoms with Crippen LogP contribution in [0.3, 0.4) is 0 Å². The molecule has 1 heterocycles. The van der Waals surface area contributed by atoms with E-state index in [1.54, 1.807) is 46.1 Å². The number of nitrogens with one attached hydrogen (secondary N) is 1. The van der Waals surface area contributed by atoms with Gasteiger partial charge in [0.15, 0.2) is 5.78 Å². The molecule has 39 heavy (non-hydrogen) atoms. The van der Waals surface area contributed by atoms with Crippen molar-refractivity contribution in [3.8, 4) is 5.75 Å². The molecule has 0 spiro atoms. The zero-order valence-corrected chi connectivity index (χ0v) is 22.2. The minimum Gasteiger partial charge on any atom is -0.497 e. The van der Waals surface area contributed by atoms with Gasteiger partial charge in [0.25, 0.3) is 5.69 Å². The summed E-state index contributed by atoms with van der Waals surface area (Å²) in [5.74, 6) is -3.89. The molecule has 204 valence electrons. The van der Waals surface area contributed by atoms with E-state index >= 15 is 0 Å². The number of non-ortho nitro benzene ring substituents is 1. The van der Waals surface area contributed by atoms with Gasteiger partial charge in [-0.2, -0.15) is 0 Å². The van der Waals surface area contributed by atoms with Gasteiger partial charge in [-0.1, -0.05) is 24.3 Å². The molecular formula is C29H30N2O8. The van der Waals surface area contributed by atoms with Gasteiger partial charge in [0.2, 0.25) is 0 Å². The van der Waals surface area contributed by atoms with Crippen LogP contribution >= 0.6 is 0 Å². The van der Waals surface area contributed by atoms with Crippen LogP contribution in [0.2, 0.25) is 0 Å². The fourth-order valence-corrected chi connectivity index (χ4v) is 5.33. The number of benzene rings is 2. The Bertz CT molecular complexity index is 1380. The number of hydrogen-bond donors (Lipinski definition) is 1. The number of ketones is 1. The third kappa shape index (κ3) is 5.27. The minimum atomic E-state index is -1.18. The molecule has 1 aliphatic carbocycles. The van der Waals surface area contributed by atoms with Gasteiger partial charge >= 0.3 is 11.9 Å². The highest BCUT2D eigenvalue weighted by Crippen LogP contribution is 2.48. The number of carbonyl (C=O) groups is 3. The normalized spacial score (nSPS) is 20.6. The average molecular weight is 535 g/mol. The van der Waals surface area contributed by atoms with Crippen LogP contribution in [0.25, 0.3) is 0 Å². The van der Waals surface area contributed by atoms with Crippen molar-refractivity contribution in [1.82, 2.24) is 5.32 Å². The van der Waals surface area contributed by atoms with Gasteiger partial charge in [-0.3, -0.25) is 19.7 Å². The molecule has 0 saturated heterocycles. The van der Waals surface area contributed by atoms with Gasteiger partial charge in [0, 0.05) is 40.9 Å². The number of allylic oxidation sites excluding steroid dienone is 3. The Labute approximate surface area is 225 Å². The number of rotatable bonds is 8. The number of hydrogen-bond acceptors (Lipinski definition) is 9. The van der Waals surface area contributed by atoms with Crippen LogP contribution in [-0.2, 0) is 23.9 Å². The number of nitro benzene ring substituents is 1. The predicted molar refractivity (Wildman–Crippen MR) is 141 cm³/mol. The number of nitrogens with zero attached hydrogens (tertiary/aromatic N) is 1. The molecule has 10 nitrogen and oxygen atoms in total. The summed E-state index contributed by atoms with van der Waals surface area (Å²) in [6.07, 6.45) is 0.274. The predicted octanol–water partition coefficient (Wildman–Crippen LogP) is 4.32. The first-order valence-corrected chi connectivity index (χ1v) is 12.7.